The predicted octanol–water partition coefficient (Wildman–Crippen LogP) is 4.60. The lowest BCUT2D eigenvalue weighted by Gasteiger charge is -2.33. The molecule has 2 atom stereocenters. The zero-order chi connectivity index (χ0) is 18.5. The molecule has 10 heteroatoms. The Morgan fingerprint density at radius 2 is 2.08 bits per heavy atom. The molecule has 2 aliphatic heterocycles. The number of carbonyl (C=O) groups excluding carboxylic acids is 1. The molecule has 1 N–H and O–H groups in total. The van der Waals surface area contributed by atoms with Crippen LogP contribution in [0.3, 0.4) is 0 Å². The van der Waals surface area contributed by atoms with Crippen molar-refractivity contribution in [3.8, 4) is 0 Å². The van der Waals surface area contributed by atoms with Gasteiger partial charge in [0.15, 0.2) is 11.7 Å². The highest BCUT2D eigenvalue weighted by Gasteiger charge is 2.48. The SMILES string of the molecule is O=C(c1nn2c(c1Br)N[C@@H](c1cccs1)C[C@@H]2C(F)(F)F)N1CCCC1. The van der Waals surface area contributed by atoms with E-state index < -0.39 is 18.3 Å². The van der Waals surface area contributed by atoms with E-state index in [0.717, 1.165) is 22.4 Å². The molecule has 5 nitrogen and oxygen atoms in total. The number of nitrogens with one attached hydrogen (secondary N) is 1. The Bertz CT molecular complexity index is 814. The largest absolute Gasteiger partial charge is 0.410 e. The zero-order valence-electron chi connectivity index (χ0n) is 13.6. The van der Waals surface area contributed by atoms with Crippen molar-refractivity contribution in [2.24, 2.45) is 0 Å². The van der Waals surface area contributed by atoms with Gasteiger partial charge in [0, 0.05) is 24.4 Å². The number of alkyl halides is 3. The van der Waals surface area contributed by atoms with Crippen molar-refractivity contribution in [2.45, 2.75) is 37.5 Å². The van der Waals surface area contributed by atoms with Crippen LogP contribution in [-0.2, 0) is 0 Å². The van der Waals surface area contributed by atoms with Crippen molar-refractivity contribution in [3.63, 3.8) is 0 Å². The number of hydrogen-bond donors (Lipinski definition) is 1. The number of anilines is 1. The first kappa shape index (κ1) is 17.8. The minimum absolute atomic E-state index is 0.0375. The summed E-state index contributed by atoms with van der Waals surface area (Å²) >= 11 is 4.72. The number of fused-ring (bicyclic) bond motifs is 1. The van der Waals surface area contributed by atoms with Crippen molar-refractivity contribution in [3.05, 3.63) is 32.6 Å². The van der Waals surface area contributed by atoms with E-state index in [9.17, 15) is 18.0 Å². The zero-order valence-corrected chi connectivity index (χ0v) is 16.0. The second-order valence-electron chi connectivity index (χ2n) is 6.46. The Kier molecular flexibility index (Phi) is 4.50. The van der Waals surface area contributed by atoms with E-state index in [0.29, 0.717) is 17.6 Å². The van der Waals surface area contributed by atoms with Crippen LogP contribution in [0.4, 0.5) is 19.0 Å². The summed E-state index contributed by atoms with van der Waals surface area (Å²) in [5, 5.41) is 9.02. The minimum Gasteiger partial charge on any atom is -0.362 e. The standard InChI is InChI=1S/C16H16BrF3N4OS/c17-12-13(15(25)23-5-1-2-6-23)22-24-11(16(18,19)20)8-9(21-14(12)24)10-4-3-7-26-10/h3-4,7,9,11,21H,1-2,5-6,8H2/t9-,11-/m1/s1. The predicted molar refractivity (Wildman–Crippen MR) is 95.5 cm³/mol. The molecule has 2 aromatic rings. The van der Waals surface area contributed by atoms with Gasteiger partial charge in [0.05, 0.1) is 10.5 Å². The van der Waals surface area contributed by atoms with Crippen LogP contribution < -0.4 is 5.32 Å². The van der Waals surface area contributed by atoms with Crippen molar-refractivity contribution < 1.29 is 18.0 Å². The first-order valence-corrected chi connectivity index (χ1v) is 9.97. The molecule has 1 saturated heterocycles. The fraction of sp³-hybridized carbons (Fsp3) is 0.500. The summed E-state index contributed by atoms with van der Waals surface area (Å²) < 4.78 is 42.3. The molecule has 0 saturated carbocycles. The number of carbonyl (C=O) groups is 1. The number of amides is 1. The van der Waals surface area contributed by atoms with Crippen LogP contribution >= 0.6 is 27.3 Å². The molecule has 0 spiro atoms. The van der Waals surface area contributed by atoms with Crippen molar-refractivity contribution in [2.75, 3.05) is 18.4 Å². The van der Waals surface area contributed by atoms with Crippen LogP contribution in [0.2, 0.25) is 0 Å². The molecule has 0 aliphatic carbocycles. The molecule has 0 radical (unpaired) electrons. The molecule has 1 fully saturated rings. The maximum Gasteiger partial charge on any atom is 0.410 e. The van der Waals surface area contributed by atoms with Gasteiger partial charge in [0.25, 0.3) is 5.91 Å². The quantitative estimate of drug-likeness (QED) is 0.729. The van der Waals surface area contributed by atoms with Gasteiger partial charge in [-0.2, -0.15) is 18.3 Å². The third-order valence-electron chi connectivity index (χ3n) is 4.78. The highest BCUT2D eigenvalue weighted by molar-refractivity contribution is 9.10. The van der Waals surface area contributed by atoms with Gasteiger partial charge in [-0.15, -0.1) is 11.3 Å². The molecule has 140 valence electrons. The molecule has 0 bridgehead atoms. The van der Waals surface area contributed by atoms with Crippen LogP contribution in [0.5, 0.6) is 0 Å². The highest BCUT2D eigenvalue weighted by Crippen LogP contribution is 2.47. The number of thiophene rings is 1. The smallest absolute Gasteiger partial charge is 0.362 e. The topological polar surface area (TPSA) is 50.2 Å². The second-order valence-corrected chi connectivity index (χ2v) is 8.23. The van der Waals surface area contributed by atoms with E-state index in [1.54, 1.807) is 4.90 Å². The lowest BCUT2D eigenvalue weighted by molar-refractivity contribution is -0.173. The van der Waals surface area contributed by atoms with Gasteiger partial charge in [-0.05, 0) is 40.2 Å². The number of likely N-dealkylation sites (tertiary alicyclic amines) is 1. The Morgan fingerprint density at radius 1 is 1.35 bits per heavy atom. The molecule has 26 heavy (non-hydrogen) atoms. The van der Waals surface area contributed by atoms with E-state index in [4.69, 9.17) is 0 Å². The number of aromatic nitrogens is 2. The normalized spacial score (nSPS) is 23.0. The number of rotatable bonds is 2. The van der Waals surface area contributed by atoms with Gasteiger partial charge >= 0.3 is 6.18 Å². The second kappa shape index (κ2) is 6.56. The number of hydrogen-bond acceptors (Lipinski definition) is 4. The van der Waals surface area contributed by atoms with Crippen molar-refractivity contribution >= 4 is 39.0 Å². The van der Waals surface area contributed by atoms with Crippen molar-refractivity contribution in [1.82, 2.24) is 14.7 Å². The molecule has 2 aliphatic rings. The third kappa shape index (κ3) is 3.02. The highest BCUT2D eigenvalue weighted by atomic mass is 79.9. The van der Waals surface area contributed by atoms with Crippen LogP contribution in [-0.4, -0.2) is 39.9 Å². The summed E-state index contributed by atoms with van der Waals surface area (Å²) in [4.78, 5) is 15.1. The Hall–Kier alpha value is -1.55. The summed E-state index contributed by atoms with van der Waals surface area (Å²) in [6, 6.07) is 1.37. The number of nitrogens with zero attached hydrogens (tertiary/aromatic N) is 3. The van der Waals surface area contributed by atoms with Gasteiger partial charge in [0.1, 0.15) is 5.82 Å². The summed E-state index contributed by atoms with van der Waals surface area (Å²) in [5.74, 6) is -0.119. The molecule has 2 aromatic heterocycles. The first-order valence-electron chi connectivity index (χ1n) is 8.30. The summed E-state index contributed by atoms with van der Waals surface area (Å²) in [5.41, 5.74) is 0.0375. The first-order chi connectivity index (χ1) is 12.4. The van der Waals surface area contributed by atoms with Gasteiger partial charge in [-0.25, -0.2) is 4.68 Å². The molecule has 4 rings (SSSR count). The van der Waals surface area contributed by atoms with E-state index in [1.165, 1.54) is 11.3 Å². The average molecular weight is 449 g/mol. The average Bonchev–Trinajstić information content (AvgIpc) is 3.34. The third-order valence-corrected chi connectivity index (χ3v) is 6.52. The number of halogens is 4. The van der Waals surface area contributed by atoms with Gasteiger partial charge < -0.3 is 10.2 Å². The van der Waals surface area contributed by atoms with Crippen LogP contribution in [0, 0.1) is 0 Å². The van der Waals surface area contributed by atoms with Crippen LogP contribution in [0.1, 0.15) is 46.7 Å². The van der Waals surface area contributed by atoms with E-state index >= 15 is 0 Å². The molecular weight excluding hydrogens is 433 g/mol. The monoisotopic (exact) mass is 448 g/mol. The van der Waals surface area contributed by atoms with E-state index in [2.05, 4.69) is 26.3 Å². The van der Waals surface area contributed by atoms with Gasteiger partial charge in [-0.1, -0.05) is 6.07 Å². The summed E-state index contributed by atoms with van der Waals surface area (Å²) in [6.45, 7) is 1.23. The lowest BCUT2D eigenvalue weighted by atomic mass is 10.0. The fourth-order valence-corrected chi connectivity index (χ4v) is 4.81. The maximum absolute atomic E-state index is 13.7. The Morgan fingerprint density at radius 3 is 2.69 bits per heavy atom. The fourth-order valence-electron chi connectivity index (χ4n) is 3.47. The Balaban J connectivity index is 1.74. The summed E-state index contributed by atoms with van der Waals surface area (Å²) in [7, 11) is 0. The van der Waals surface area contributed by atoms with Crippen LogP contribution in [0.15, 0.2) is 22.0 Å². The minimum atomic E-state index is -4.45. The lowest BCUT2D eigenvalue weighted by Crippen LogP contribution is -2.35. The molecule has 0 aromatic carbocycles. The molecule has 0 unspecified atom stereocenters. The molecule has 1 amide bonds. The van der Waals surface area contributed by atoms with E-state index in [-0.39, 0.29) is 23.8 Å². The molecule has 4 heterocycles. The van der Waals surface area contributed by atoms with Gasteiger partial charge in [0.2, 0.25) is 0 Å². The Labute approximate surface area is 160 Å². The van der Waals surface area contributed by atoms with Crippen molar-refractivity contribution in [1.29, 1.82) is 0 Å². The van der Waals surface area contributed by atoms with Crippen LogP contribution in [0.25, 0.3) is 0 Å². The van der Waals surface area contributed by atoms with Gasteiger partial charge in [-0.3, -0.25) is 4.79 Å². The maximum atomic E-state index is 13.7. The molecular formula is C16H16BrF3N4OS. The summed E-state index contributed by atoms with van der Waals surface area (Å²) in [6.07, 6.45) is -2.81. The van der Waals surface area contributed by atoms with E-state index in [1.807, 2.05) is 17.5 Å².